The molecule has 0 radical (unpaired) electrons. The normalized spacial score (nSPS) is 16.4. The fraction of sp³-hybridized carbons (Fsp3) is 0.318. The molecule has 2 aromatic carbocycles. The second-order valence-electron chi connectivity index (χ2n) is 7.04. The highest BCUT2D eigenvalue weighted by Gasteiger charge is 2.34. The van der Waals surface area contributed by atoms with Gasteiger partial charge in [-0.15, -0.1) is 0 Å². The van der Waals surface area contributed by atoms with Gasteiger partial charge in [0.2, 0.25) is 5.69 Å². The van der Waals surface area contributed by atoms with E-state index in [0.29, 0.717) is 0 Å². The van der Waals surface area contributed by atoms with Crippen LogP contribution in [0.5, 0.6) is 0 Å². The summed E-state index contributed by atoms with van der Waals surface area (Å²) in [5.74, 6) is 0. The molecule has 116 valence electrons. The van der Waals surface area contributed by atoms with E-state index in [4.69, 9.17) is 0 Å². The minimum atomic E-state index is 0.997. The molecule has 4 rings (SSSR count). The first kappa shape index (κ1) is 14.4. The number of nitrogens with zero attached hydrogens (tertiary/aromatic N) is 1. The Labute approximate surface area is 139 Å². The summed E-state index contributed by atoms with van der Waals surface area (Å²) in [5.41, 5.74) is 11.6. The zero-order valence-electron chi connectivity index (χ0n) is 14.3. The van der Waals surface area contributed by atoms with Gasteiger partial charge in [0.25, 0.3) is 0 Å². The van der Waals surface area contributed by atoms with Crippen LogP contribution in [0.25, 0.3) is 5.57 Å². The Kier molecular flexibility index (Phi) is 3.45. The molecule has 1 heteroatoms. The second-order valence-corrected chi connectivity index (χ2v) is 7.04. The van der Waals surface area contributed by atoms with Gasteiger partial charge in [-0.25, -0.2) is 0 Å². The zero-order chi connectivity index (χ0) is 16.0. The van der Waals surface area contributed by atoms with Gasteiger partial charge in [0.15, 0.2) is 12.3 Å². The van der Waals surface area contributed by atoms with Crippen molar-refractivity contribution in [2.75, 3.05) is 6.54 Å². The predicted molar refractivity (Wildman–Crippen MR) is 97.7 cm³/mol. The van der Waals surface area contributed by atoms with Crippen LogP contribution >= 0.6 is 0 Å². The van der Waals surface area contributed by atoms with Crippen molar-refractivity contribution in [3.05, 3.63) is 70.3 Å². The van der Waals surface area contributed by atoms with Gasteiger partial charge in [-0.3, -0.25) is 0 Å². The van der Waals surface area contributed by atoms with Crippen molar-refractivity contribution in [3.8, 4) is 0 Å². The van der Waals surface area contributed by atoms with Crippen molar-refractivity contribution in [3.63, 3.8) is 0 Å². The monoisotopic (exact) mass is 302 g/mol. The van der Waals surface area contributed by atoms with Crippen LogP contribution in [-0.4, -0.2) is 16.8 Å². The number of hydrogen-bond donors (Lipinski definition) is 0. The molecular formula is C22H24N+. The van der Waals surface area contributed by atoms with Crippen molar-refractivity contribution in [1.82, 2.24) is 0 Å². The van der Waals surface area contributed by atoms with E-state index in [1.807, 2.05) is 0 Å². The minimum absolute atomic E-state index is 0.997. The average molecular weight is 302 g/mol. The third-order valence-corrected chi connectivity index (χ3v) is 5.22. The van der Waals surface area contributed by atoms with E-state index in [0.717, 1.165) is 6.54 Å². The van der Waals surface area contributed by atoms with E-state index in [9.17, 15) is 0 Å². The quantitative estimate of drug-likeness (QED) is 0.631. The van der Waals surface area contributed by atoms with E-state index in [2.05, 4.69) is 67.8 Å². The SMILES string of the molecule is CC(C)=C1C[N+](c2ccc(C)cc2)=C2CCCc3cccc1c32. The molecule has 0 N–H and O–H groups in total. The molecule has 23 heavy (non-hydrogen) atoms. The first-order valence-electron chi connectivity index (χ1n) is 8.64. The maximum absolute atomic E-state index is 2.55. The fourth-order valence-corrected chi connectivity index (χ4v) is 3.98. The standard InChI is InChI=1S/C22H24N/c1-15(2)20-14-23(18-12-10-16(3)11-13-18)21-9-5-7-17-6-4-8-19(20)22(17)21/h4,6,8,10-13H,5,7,9,14H2,1-3H3/q+1. The third-order valence-electron chi connectivity index (χ3n) is 5.22. The summed E-state index contributed by atoms with van der Waals surface area (Å²) in [7, 11) is 0. The van der Waals surface area contributed by atoms with Gasteiger partial charge >= 0.3 is 0 Å². The highest BCUT2D eigenvalue weighted by molar-refractivity contribution is 6.05. The lowest BCUT2D eigenvalue weighted by Gasteiger charge is -2.27. The topological polar surface area (TPSA) is 3.01 Å². The van der Waals surface area contributed by atoms with Gasteiger partial charge in [-0.1, -0.05) is 41.5 Å². The van der Waals surface area contributed by atoms with Crippen molar-refractivity contribution in [2.24, 2.45) is 0 Å². The molecule has 0 spiro atoms. The molecule has 2 aliphatic rings. The zero-order valence-corrected chi connectivity index (χ0v) is 14.3. The lowest BCUT2D eigenvalue weighted by molar-refractivity contribution is -0.427. The first-order chi connectivity index (χ1) is 11.1. The largest absolute Gasteiger partial charge is 0.205 e. The van der Waals surface area contributed by atoms with Crippen LogP contribution in [0.1, 0.15) is 48.9 Å². The molecule has 0 unspecified atom stereocenters. The van der Waals surface area contributed by atoms with Crippen LogP contribution in [0.15, 0.2) is 48.0 Å². The summed E-state index contributed by atoms with van der Waals surface area (Å²) >= 11 is 0. The van der Waals surface area contributed by atoms with Crippen LogP contribution < -0.4 is 0 Å². The minimum Gasteiger partial charge on any atom is -0.191 e. The Balaban J connectivity index is 2.00. The third kappa shape index (κ3) is 2.35. The van der Waals surface area contributed by atoms with E-state index in [1.165, 1.54) is 64.1 Å². The maximum Gasteiger partial charge on any atom is 0.205 e. The molecule has 1 aliphatic heterocycles. The Morgan fingerprint density at radius 1 is 0.957 bits per heavy atom. The summed E-state index contributed by atoms with van der Waals surface area (Å²) in [6, 6.07) is 15.9. The van der Waals surface area contributed by atoms with Crippen molar-refractivity contribution < 1.29 is 4.58 Å². The summed E-state index contributed by atoms with van der Waals surface area (Å²) in [6.07, 6.45) is 3.66. The molecule has 0 aromatic heterocycles. The number of rotatable bonds is 1. The Morgan fingerprint density at radius 3 is 2.48 bits per heavy atom. The lowest BCUT2D eigenvalue weighted by atomic mass is 9.81. The lowest BCUT2D eigenvalue weighted by Crippen LogP contribution is -2.30. The molecule has 1 aliphatic carbocycles. The highest BCUT2D eigenvalue weighted by atomic mass is 15.0. The Morgan fingerprint density at radius 2 is 1.74 bits per heavy atom. The van der Waals surface area contributed by atoms with Crippen molar-refractivity contribution in [1.29, 1.82) is 0 Å². The molecule has 0 saturated heterocycles. The smallest absolute Gasteiger partial charge is 0.191 e. The van der Waals surface area contributed by atoms with Crippen LogP contribution in [0.2, 0.25) is 0 Å². The number of hydrogen-bond acceptors (Lipinski definition) is 0. The Bertz CT molecular complexity index is 831. The first-order valence-corrected chi connectivity index (χ1v) is 8.64. The Hall–Kier alpha value is -2.15. The van der Waals surface area contributed by atoms with Crippen LogP contribution in [0.3, 0.4) is 0 Å². The molecule has 2 aromatic rings. The fourth-order valence-electron chi connectivity index (χ4n) is 3.98. The average Bonchev–Trinajstić information content (AvgIpc) is 2.56. The molecule has 1 heterocycles. The summed E-state index contributed by atoms with van der Waals surface area (Å²) in [6.45, 7) is 7.64. The number of aryl methyl sites for hydroxylation is 2. The molecule has 0 saturated carbocycles. The van der Waals surface area contributed by atoms with Crippen LogP contribution in [-0.2, 0) is 6.42 Å². The van der Waals surface area contributed by atoms with E-state index in [1.54, 1.807) is 0 Å². The molecule has 1 nitrogen and oxygen atoms in total. The van der Waals surface area contributed by atoms with Crippen LogP contribution in [0.4, 0.5) is 5.69 Å². The summed E-state index contributed by atoms with van der Waals surface area (Å²) in [5, 5.41) is 0. The van der Waals surface area contributed by atoms with Crippen molar-refractivity contribution in [2.45, 2.75) is 40.0 Å². The molecule has 0 bridgehead atoms. The van der Waals surface area contributed by atoms with Gasteiger partial charge in [0.1, 0.15) is 0 Å². The molecule has 0 fully saturated rings. The second kappa shape index (κ2) is 5.49. The molecule has 0 amide bonds. The van der Waals surface area contributed by atoms with E-state index < -0.39 is 0 Å². The van der Waals surface area contributed by atoms with Gasteiger partial charge in [0, 0.05) is 24.1 Å². The predicted octanol–water partition coefficient (Wildman–Crippen LogP) is 5.27. The van der Waals surface area contributed by atoms with Gasteiger partial charge in [-0.2, -0.15) is 4.58 Å². The number of allylic oxidation sites excluding steroid dienone is 1. The van der Waals surface area contributed by atoms with Crippen LogP contribution in [0, 0.1) is 6.92 Å². The van der Waals surface area contributed by atoms with Gasteiger partial charge in [0.05, 0.1) is 5.56 Å². The maximum atomic E-state index is 2.55. The van der Waals surface area contributed by atoms with Gasteiger partial charge in [-0.05, 0) is 44.7 Å². The van der Waals surface area contributed by atoms with E-state index in [-0.39, 0.29) is 0 Å². The summed E-state index contributed by atoms with van der Waals surface area (Å²) in [4.78, 5) is 0. The van der Waals surface area contributed by atoms with Gasteiger partial charge < -0.3 is 0 Å². The molecule has 0 atom stereocenters. The van der Waals surface area contributed by atoms with Crippen molar-refractivity contribution >= 4 is 17.0 Å². The highest BCUT2D eigenvalue weighted by Crippen LogP contribution is 2.36. The molecular weight excluding hydrogens is 278 g/mol. The van der Waals surface area contributed by atoms with E-state index >= 15 is 0 Å². The number of benzene rings is 2. The summed E-state index contributed by atoms with van der Waals surface area (Å²) < 4.78 is 2.55.